The third kappa shape index (κ3) is 6.23. The van der Waals surface area contributed by atoms with Gasteiger partial charge in [-0.15, -0.1) is 0 Å². The monoisotopic (exact) mass is 283 g/mol. The fourth-order valence-electron chi connectivity index (χ4n) is 2.78. The first-order valence-electron chi connectivity index (χ1n) is 8.31. The van der Waals surface area contributed by atoms with E-state index in [1.54, 1.807) is 0 Å². The van der Waals surface area contributed by atoms with Gasteiger partial charge in [0.25, 0.3) is 0 Å². The van der Waals surface area contributed by atoms with E-state index in [0.29, 0.717) is 18.6 Å². The summed E-state index contributed by atoms with van der Waals surface area (Å²) in [6.45, 7) is 12.4. The predicted molar refractivity (Wildman–Crippen MR) is 84.8 cm³/mol. The van der Waals surface area contributed by atoms with E-state index in [1.807, 2.05) is 0 Å². The summed E-state index contributed by atoms with van der Waals surface area (Å²) in [5.41, 5.74) is 0. The number of carbonyl (C=O) groups excluding carboxylic acids is 1. The number of amides is 1. The lowest BCUT2D eigenvalue weighted by Crippen LogP contribution is -2.46. The second kappa shape index (κ2) is 9.35. The summed E-state index contributed by atoms with van der Waals surface area (Å²) < 4.78 is 0. The fraction of sp³-hybridized carbons (Fsp3) is 0.938. The van der Waals surface area contributed by atoms with Gasteiger partial charge in [0.1, 0.15) is 0 Å². The van der Waals surface area contributed by atoms with Gasteiger partial charge < -0.3 is 10.6 Å². The largest absolute Gasteiger partial charge is 0.353 e. The van der Waals surface area contributed by atoms with Crippen molar-refractivity contribution in [1.82, 2.24) is 15.5 Å². The molecule has 0 bridgehead atoms. The van der Waals surface area contributed by atoms with Gasteiger partial charge in [0.2, 0.25) is 5.91 Å². The molecule has 0 aromatic carbocycles. The quantitative estimate of drug-likeness (QED) is 0.716. The molecule has 1 aliphatic rings. The Morgan fingerprint density at radius 1 is 1.25 bits per heavy atom. The molecule has 2 atom stereocenters. The zero-order chi connectivity index (χ0) is 15.0. The van der Waals surface area contributed by atoms with Crippen LogP contribution in [0.15, 0.2) is 0 Å². The molecule has 0 saturated carbocycles. The van der Waals surface area contributed by atoms with Crippen LogP contribution < -0.4 is 10.6 Å². The number of nitrogens with zero attached hydrogens (tertiary/aromatic N) is 1. The normalized spacial score (nSPS) is 20.6. The van der Waals surface area contributed by atoms with Gasteiger partial charge in [-0.3, -0.25) is 9.69 Å². The van der Waals surface area contributed by atoms with Crippen molar-refractivity contribution in [1.29, 1.82) is 0 Å². The molecule has 20 heavy (non-hydrogen) atoms. The molecule has 1 saturated heterocycles. The van der Waals surface area contributed by atoms with E-state index >= 15 is 0 Å². The van der Waals surface area contributed by atoms with Crippen molar-refractivity contribution in [3.63, 3.8) is 0 Å². The topological polar surface area (TPSA) is 44.4 Å². The lowest BCUT2D eigenvalue weighted by molar-refractivity contribution is -0.123. The lowest BCUT2D eigenvalue weighted by atomic mass is 9.90. The molecule has 1 heterocycles. The second-order valence-corrected chi connectivity index (χ2v) is 6.23. The average Bonchev–Trinajstić information content (AvgIpc) is 2.45. The summed E-state index contributed by atoms with van der Waals surface area (Å²) in [5.74, 6) is 0.936. The zero-order valence-electron chi connectivity index (χ0n) is 13.7. The molecular formula is C16H33N3O. The number of piperidine rings is 1. The van der Waals surface area contributed by atoms with Crippen molar-refractivity contribution in [2.45, 2.75) is 65.5 Å². The Morgan fingerprint density at radius 3 is 2.45 bits per heavy atom. The molecule has 118 valence electrons. The van der Waals surface area contributed by atoms with Gasteiger partial charge in [-0.1, -0.05) is 13.8 Å². The van der Waals surface area contributed by atoms with E-state index in [0.717, 1.165) is 32.0 Å². The SMILES string of the molecule is CCCNC(C)C1CCN(CC(=O)NC(C)CC)CC1. The van der Waals surface area contributed by atoms with E-state index < -0.39 is 0 Å². The van der Waals surface area contributed by atoms with Crippen LogP contribution in [0.2, 0.25) is 0 Å². The van der Waals surface area contributed by atoms with E-state index in [2.05, 4.69) is 43.2 Å². The van der Waals surface area contributed by atoms with Crippen molar-refractivity contribution in [2.75, 3.05) is 26.2 Å². The van der Waals surface area contributed by atoms with Gasteiger partial charge in [0, 0.05) is 12.1 Å². The Morgan fingerprint density at radius 2 is 1.90 bits per heavy atom. The second-order valence-electron chi connectivity index (χ2n) is 6.23. The zero-order valence-corrected chi connectivity index (χ0v) is 13.7. The van der Waals surface area contributed by atoms with Gasteiger partial charge in [0.05, 0.1) is 6.54 Å². The predicted octanol–water partition coefficient (Wildman–Crippen LogP) is 2.00. The first-order chi connectivity index (χ1) is 9.56. The molecule has 0 aliphatic carbocycles. The van der Waals surface area contributed by atoms with Crippen LogP contribution in [0, 0.1) is 5.92 Å². The van der Waals surface area contributed by atoms with Gasteiger partial charge >= 0.3 is 0 Å². The Labute approximate surface area is 124 Å². The Kier molecular flexibility index (Phi) is 8.15. The third-order valence-corrected chi connectivity index (χ3v) is 4.44. The summed E-state index contributed by atoms with van der Waals surface area (Å²) in [7, 11) is 0. The molecule has 1 rings (SSSR count). The molecule has 4 heteroatoms. The molecule has 1 amide bonds. The number of nitrogens with one attached hydrogen (secondary N) is 2. The first kappa shape index (κ1) is 17.4. The molecule has 2 unspecified atom stereocenters. The van der Waals surface area contributed by atoms with Gasteiger partial charge in [-0.2, -0.15) is 0 Å². The van der Waals surface area contributed by atoms with Gasteiger partial charge in [-0.05, 0) is 65.1 Å². The highest BCUT2D eigenvalue weighted by Gasteiger charge is 2.24. The van der Waals surface area contributed by atoms with Crippen LogP contribution in [-0.4, -0.2) is 49.1 Å². The van der Waals surface area contributed by atoms with E-state index in [4.69, 9.17) is 0 Å². The minimum atomic E-state index is 0.176. The maximum atomic E-state index is 11.9. The summed E-state index contributed by atoms with van der Waals surface area (Å²) in [4.78, 5) is 14.2. The summed E-state index contributed by atoms with van der Waals surface area (Å²) in [6, 6.07) is 0.893. The standard InChI is InChI=1S/C16H33N3O/c1-5-9-17-14(4)15-7-10-19(11-8-15)12-16(20)18-13(3)6-2/h13-15,17H,5-12H2,1-4H3,(H,18,20). The molecule has 4 nitrogen and oxygen atoms in total. The van der Waals surface area contributed by atoms with Crippen LogP contribution in [0.5, 0.6) is 0 Å². The van der Waals surface area contributed by atoms with Crippen molar-refractivity contribution in [3.05, 3.63) is 0 Å². The molecule has 0 aromatic rings. The highest BCUT2D eigenvalue weighted by atomic mass is 16.2. The minimum absolute atomic E-state index is 0.176. The molecule has 0 radical (unpaired) electrons. The van der Waals surface area contributed by atoms with Crippen LogP contribution in [0.1, 0.15) is 53.4 Å². The number of hydrogen-bond acceptors (Lipinski definition) is 3. The van der Waals surface area contributed by atoms with Gasteiger partial charge in [0.15, 0.2) is 0 Å². The smallest absolute Gasteiger partial charge is 0.234 e. The van der Waals surface area contributed by atoms with Crippen LogP contribution >= 0.6 is 0 Å². The Hall–Kier alpha value is -0.610. The van der Waals surface area contributed by atoms with Crippen LogP contribution in [0.4, 0.5) is 0 Å². The summed E-state index contributed by atoms with van der Waals surface area (Å²) >= 11 is 0. The number of carbonyl (C=O) groups is 1. The van der Waals surface area contributed by atoms with Gasteiger partial charge in [-0.25, -0.2) is 0 Å². The maximum Gasteiger partial charge on any atom is 0.234 e. The number of hydrogen-bond donors (Lipinski definition) is 2. The number of rotatable bonds is 8. The van der Waals surface area contributed by atoms with E-state index in [-0.39, 0.29) is 5.91 Å². The van der Waals surface area contributed by atoms with Crippen molar-refractivity contribution < 1.29 is 4.79 Å². The molecular weight excluding hydrogens is 250 g/mol. The highest BCUT2D eigenvalue weighted by molar-refractivity contribution is 5.78. The van der Waals surface area contributed by atoms with E-state index in [9.17, 15) is 4.79 Å². The first-order valence-corrected chi connectivity index (χ1v) is 8.31. The van der Waals surface area contributed by atoms with Crippen molar-refractivity contribution in [3.8, 4) is 0 Å². The lowest BCUT2D eigenvalue weighted by Gasteiger charge is -2.35. The fourth-order valence-corrected chi connectivity index (χ4v) is 2.78. The molecule has 0 spiro atoms. The van der Waals surface area contributed by atoms with Crippen LogP contribution in [0.25, 0.3) is 0 Å². The third-order valence-electron chi connectivity index (χ3n) is 4.44. The minimum Gasteiger partial charge on any atom is -0.353 e. The molecule has 1 fully saturated rings. The Bertz CT molecular complexity index is 275. The number of likely N-dealkylation sites (tertiary alicyclic amines) is 1. The molecule has 0 aromatic heterocycles. The summed E-state index contributed by atoms with van der Waals surface area (Å²) in [6.07, 6.45) is 4.59. The maximum absolute atomic E-state index is 11.9. The Balaban J connectivity index is 2.23. The van der Waals surface area contributed by atoms with Crippen LogP contribution in [0.3, 0.4) is 0 Å². The average molecular weight is 283 g/mol. The molecule has 1 aliphatic heterocycles. The highest BCUT2D eigenvalue weighted by Crippen LogP contribution is 2.20. The molecule has 2 N–H and O–H groups in total. The van der Waals surface area contributed by atoms with Crippen molar-refractivity contribution >= 4 is 5.91 Å². The van der Waals surface area contributed by atoms with Crippen molar-refractivity contribution in [2.24, 2.45) is 5.92 Å². The summed E-state index contributed by atoms with van der Waals surface area (Å²) in [5, 5.41) is 6.64. The van der Waals surface area contributed by atoms with E-state index in [1.165, 1.54) is 19.3 Å². The van der Waals surface area contributed by atoms with Crippen LogP contribution in [-0.2, 0) is 4.79 Å².